The van der Waals surface area contributed by atoms with Gasteiger partial charge in [0.15, 0.2) is 0 Å². The summed E-state index contributed by atoms with van der Waals surface area (Å²) in [5.74, 6) is 1.34. The van der Waals surface area contributed by atoms with E-state index in [0.29, 0.717) is 23.3 Å². The fourth-order valence-electron chi connectivity index (χ4n) is 2.17. The molecule has 4 heteroatoms. The molecule has 0 saturated heterocycles. The quantitative estimate of drug-likeness (QED) is 0.451. The van der Waals surface area contributed by atoms with Crippen LogP contribution in [0.5, 0.6) is 17.2 Å². The number of para-hydroxylation sites is 1. The first-order chi connectivity index (χ1) is 8.66. The number of benzene rings is 2. The number of nitrogens with two attached hydrogens (primary N) is 1. The van der Waals surface area contributed by atoms with Gasteiger partial charge in [-0.15, -0.1) is 0 Å². The molecule has 0 saturated carbocycles. The van der Waals surface area contributed by atoms with Gasteiger partial charge in [0.05, 0.1) is 5.56 Å². The summed E-state index contributed by atoms with van der Waals surface area (Å²) in [7, 11) is 0. The normalized spacial score (nSPS) is 12.2. The molecule has 90 valence electrons. The number of fused-ring (bicyclic) bond motifs is 2. The maximum absolute atomic E-state index is 9.90. The lowest BCUT2D eigenvalue weighted by Crippen LogP contribution is -2.15. The monoisotopic (exact) mass is 240 g/mol. The molecule has 0 aromatic heterocycles. The number of hydrogen-bond donors (Lipinski definition) is 3. The molecule has 1 aliphatic heterocycles. The van der Waals surface area contributed by atoms with Crippen LogP contribution in [0.3, 0.4) is 0 Å². The Kier molecular flexibility index (Phi) is 2.23. The van der Waals surface area contributed by atoms with Crippen LogP contribution in [0.4, 0.5) is 0 Å². The summed E-state index contributed by atoms with van der Waals surface area (Å²) >= 11 is 0. The predicted molar refractivity (Wildman–Crippen MR) is 68.4 cm³/mol. The second kappa shape index (κ2) is 3.77. The summed E-state index contributed by atoms with van der Waals surface area (Å²) in [5.41, 5.74) is 7.74. The number of phenols is 1. The number of phenolic OH excluding ortho intramolecular Hbond substituents is 1. The molecule has 4 N–H and O–H groups in total. The van der Waals surface area contributed by atoms with Crippen LogP contribution in [0, 0.1) is 5.41 Å². The molecule has 1 aliphatic rings. The van der Waals surface area contributed by atoms with Crippen LogP contribution in [0.2, 0.25) is 0 Å². The van der Waals surface area contributed by atoms with Crippen LogP contribution in [0.15, 0.2) is 36.4 Å². The van der Waals surface area contributed by atoms with Crippen molar-refractivity contribution in [1.82, 2.24) is 0 Å². The number of amidine groups is 1. The molecule has 0 radical (unpaired) electrons. The molecule has 0 fully saturated rings. The first-order valence-electron chi connectivity index (χ1n) is 5.62. The van der Waals surface area contributed by atoms with E-state index < -0.39 is 0 Å². The van der Waals surface area contributed by atoms with E-state index in [1.54, 1.807) is 12.1 Å². The number of aromatic hydroxyl groups is 1. The zero-order valence-electron chi connectivity index (χ0n) is 9.60. The summed E-state index contributed by atoms with van der Waals surface area (Å²) in [6.45, 7) is 0. The first-order valence-corrected chi connectivity index (χ1v) is 5.62. The lowest BCUT2D eigenvalue weighted by atomic mass is 9.96. The van der Waals surface area contributed by atoms with Crippen molar-refractivity contribution in [1.29, 1.82) is 5.41 Å². The zero-order chi connectivity index (χ0) is 12.7. The fourth-order valence-corrected chi connectivity index (χ4v) is 2.17. The molecule has 18 heavy (non-hydrogen) atoms. The summed E-state index contributed by atoms with van der Waals surface area (Å²) in [6.07, 6.45) is 0.582. The van der Waals surface area contributed by atoms with E-state index in [-0.39, 0.29) is 11.6 Å². The predicted octanol–water partition coefficient (Wildman–Crippen LogP) is 2.37. The number of ether oxygens (including phenoxy) is 1. The molecule has 4 nitrogen and oxygen atoms in total. The zero-order valence-corrected chi connectivity index (χ0v) is 9.60. The molecule has 0 bridgehead atoms. The van der Waals surface area contributed by atoms with Crippen molar-refractivity contribution in [3.63, 3.8) is 0 Å². The Morgan fingerprint density at radius 1 is 1.22 bits per heavy atom. The van der Waals surface area contributed by atoms with E-state index in [1.807, 2.05) is 24.3 Å². The average molecular weight is 240 g/mol. The highest BCUT2D eigenvalue weighted by Gasteiger charge is 2.23. The SMILES string of the molecule is N=C(N)c1ccc(O)c2c1Oc1ccccc1C2. The van der Waals surface area contributed by atoms with E-state index >= 15 is 0 Å². The van der Waals surface area contributed by atoms with Crippen LogP contribution < -0.4 is 10.5 Å². The Bertz CT molecular complexity index is 650. The topological polar surface area (TPSA) is 79.3 Å². The minimum Gasteiger partial charge on any atom is -0.508 e. The van der Waals surface area contributed by atoms with Crippen molar-refractivity contribution in [3.05, 3.63) is 53.1 Å². The van der Waals surface area contributed by atoms with Gasteiger partial charge in [-0.3, -0.25) is 5.41 Å². The number of nitrogen functional groups attached to an aromatic ring is 1. The smallest absolute Gasteiger partial charge is 0.145 e. The number of nitrogens with one attached hydrogen (secondary N) is 1. The van der Waals surface area contributed by atoms with Crippen LogP contribution in [0.25, 0.3) is 0 Å². The van der Waals surface area contributed by atoms with Gasteiger partial charge < -0.3 is 15.6 Å². The highest BCUT2D eigenvalue weighted by Crippen LogP contribution is 2.42. The number of rotatable bonds is 1. The minimum atomic E-state index is -0.0642. The van der Waals surface area contributed by atoms with E-state index in [1.165, 1.54) is 0 Å². The lowest BCUT2D eigenvalue weighted by molar-refractivity contribution is 0.431. The summed E-state index contributed by atoms with van der Waals surface area (Å²) in [4.78, 5) is 0. The molecule has 0 unspecified atom stereocenters. The van der Waals surface area contributed by atoms with Gasteiger partial charge in [-0.1, -0.05) is 18.2 Å². The third kappa shape index (κ3) is 1.50. The van der Waals surface area contributed by atoms with Crippen LogP contribution in [-0.2, 0) is 6.42 Å². The minimum absolute atomic E-state index is 0.0642. The van der Waals surface area contributed by atoms with Gasteiger partial charge >= 0.3 is 0 Å². The summed E-state index contributed by atoms with van der Waals surface area (Å²) < 4.78 is 5.77. The van der Waals surface area contributed by atoms with E-state index in [9.17, 15) is 5.11 Å². The highest BCUT2D eigenvalue weighted by molar-refractivity contribution is 5.98. The van der Waals surface area contributed by atoms with Crippen molar-refractivity contribution >= 4 is 5.84 Å². The van der Waals surface area contributed by atoms with Gasteiger partial charge in [-0.2, -0.15) is 0 Å². The third-order valence-electron chi connectivity index (χ3n) is 3.08. The van der Waals surface area contributed by atoms with E-state index in [4.69, 9.17) is 15.9 Å². The van der Waals surface area contributed by atoms with Gasteiger partial charge in [0.25, 0.3) is 0 Å². The van der Waals surface area contributed by atoms with Crippen molar-refractivity contribution in [2.75, 3.05) is 0 Å². The Morgan fingerprint density at radius 3 is 2.78 bits per heavy atom. The molecule has 3 rings (SSSR count). The second-order valence-electron chi connectivity index (χ2n) is 4.24. The van der Waals surface area contributed by atoms with Gasteiger partial charge in [0.1, 0.15) is 23.1 Å². The maximum atomic E-state index is 9.90. The van der Waals surface area contributed by atoms with Crippen LogP contribution >= 0.6 is 0 Å². The van der Waals surface area contributed by atoms with Crippen LogP contribution in [-0.4, -0.2) is 10.9 Å². The average Bonchev–Trinajstić information content (AvgIpc) is 2.37. The number of hydrogen-bond acceptors (Lipinski definition) is 3. The molecule has 0 atom stereocenters. The fraction of sp³-hybridized carbons (Fsp3) is 0.0714. The standard InChI is InChI=1S/C14H12N2O2/c15-14(16)9-5-6-11(17)10-7-8-3-1-2-4-12(8)18-13(9)10/h1-6,17H,7H2,(H3,15,16). The molecule has 0 spiro atoms. The first kappa shape index (κ1) is 10.7. The van der Waals surface area contributed by atoms with Crippen molar-refractivity contribution in [2.45, 2.75) is 6.42 Å². The van der Waals surface area contributed by atoms with Crippen molar-refractivity contribution in [3.8, 4) is 17.2 Å². The largest absolute Gasteiger partial charge is 0.508 e. The van der Waals surface area contributed by atoms with E-state index in [2.05, 4.69) is 0 Å². The molecular formula is C14H12N2O2. The lowest BCUT2D eigenvalue weighted by Gasteiger charge is -2.23. The highest BCUT2D eigenvalue weighted by atomic mass is 16.5. The maximum Gasteiger partial charge on any atom is 0.145 e. The Hall–Kier alpha value is -2.49. The Morgan fingerprint density at radius 2 is 2.00 bits per heavy atom. The Balaban J connectivity index is 2.20. The summed E-state index contributed by atoms with van der Waals surface area (Å²) in [5, 5.41) is 17.4. The van der Waals surface area contributed by atoms with Gasteiger partial charge in [0, 0.05) is 12.0 Å². The third-order valence-corrected chi connectivity index (χ3v) is 3.08. The molecular weight excluding hydrogens is 228 g/mol. The Labute approximate surface area is 104 Å². The van der Waals surface area contributed by atoms with E-state index in [0.717, 1.165) is 11.3 Å². The van der Waals surface area contributed by atoms with Gasteiger partial charge in [-0.25, -0.2) is 0 Å². The second-order valence-corrected chi connectivity index (χ2v) is 4.24. The molecule has 0 amide bonds. The molecule has 0 aliphatic carbocycles. The molecule has 2 aromatic carbocycles. The van der Waals surface area contributed by atoms with Crippen LogP contribution in [0.1, 0.15) is 16.7 Å². The summed E-state index contributed by atoms with van der Waals surface area (Å²) in [6, 6.07) is 10.8. The van der Waals surface area contributed by atoms with Gasteiger partial charge in [-0.05, 0) is 23.8 Å². The van der Waals surface area contributed by atoms with Crippen molar-refractivity contribution in [2.24, 2.45) is 5.73 Å². The molecule has 1 heterocycles. The van der Waals surface area contributed by atoms with Gasteiger partial charge in [0.2, 0.25) is 0 Å². The molecule has 2 aromatic rings. The van der Waals surface area contributed by atoms with Crippen molar-refractivity contribution < 1.29 is 9.84 Å².